The van der Waals surface area contributed by atoms with Gasteiger partial charge in [-0.05, 0) is 39.2 Å². The molecule has 0 aliphatic carbocycles. The van der Waals surface area contributed by atoms with Crippen molar-refractivity contribution in [3.8, 4) is 0 Å². The summed E-state index contributed by atoms with van der Waals surface area (Å²) in [4.78, 5) is 16.7. The third-order valence-electron chi connectivity index (χ3n) is 4.18. The Morgan fingerprint density at radius 2 is 1.84 bits per heavy atom. The van der Waals surface area contributed by atoms with Crippen molar-refractivity contribution >= 4 is 5.91 Å². The van der Waals surface area contributed by atoms with Gasteiger partial charge in [0.25, 0.3) is 0 Å². The lowest BCUT2D eigenvalue weighted by molar-refractivity contribution is -0.133. The smallest absolute Gasteiger partial charge is 0.236 e. The zero-order chi connectivity index (χ0) is 13.5. The fourth-order valence-corrected chi connectivity index (χ4v) is 3.14. The SMILES string of the molecule is CCO[C@H]1CCCN(CC(=O)N2CCCCCC2)C1. The highest BCUT2D eigenvalue weighted by molar-refractivity contribution is 5.78. The van der Waals surface area contributed by atoms with Crippen LogP contribution in [0.5, 0.6) is 0 Å². The second kappa shape index (κ2) is 7.85. The molecular formula is C15H28N2O2. The fraction of sp³-hybridized carbons (Fsp3) is 0.933. The lowest BCUT2D eigenvalue weighted by atomic mass is 10.1. The van der Waals surface area contributed by atoms with Crippen LogP contribution in [0, 0.1) is 0 Å². The van der Waals surface area contributed by atoms with Gasteiger partial charge in [-0.15, -0.1) is 0 Å². The fourth-order valence-electron chi connectivity index (χ4n) is 3.14. The summed E-state index contributed by atoms with van der Waals surface area (Å²) in [7, 11) is 0. The van der Waals surface area contributed by atoms with Crippen molar-refractivity contribution in [2.75, 3.05) is 39.3 Å². The molecule has 110 valence electrons. The second-order valence-corrected chi connectivity index (χ2v) is 5.75. The standard InChI is InChI=1S/C15H28N2O2/c1-2-19-14-8-7-9-16(12-14)13-15(18)17-10-5-3-4-6-11-17/h14H,2-13H2,1H3/t14-/m0/s1. The van der Waals surface area contributed by atoms with Gasteiger partial charge in [0.2, 0.25) is 5.91 Å². The van der Waals surface area contributed by atoms with Crippen LogP contribution in [-0.4, -0.2) is 61.1 Å². The van der Waals surface area contributed by atoms with Crippen LogP contribution in [0.15, 0.2) is 0 Å². The zero-order valence-electron chi connectivity index (χ0n) is 12.3. The Kier molecular flexibility index (Phi) is 6.11. The van der Waals surface area contributed by atoms with Crippen LogP contribution in [0.25, 0.3) is 0 Å². The van der Waals surface area contributed by atoms with Crippen LogP contribution in [-0.2, 0) is 9.53 Å². The van der Waals surface area contributed by atoms with Crippen molar-refractivity contribution in [1.29, 1.82) is 0 Å². The number of hydrogen-bond acceptors (Lipinski definition) is 3. The van der Waals surface area contributed by atoms with Crippen molar-refractivity contribution in [1.82, 2.24) is 9.80 Å². The third-order valence-corrected chi connectivity index (χ3v) is 4.18. The van der Waals surface area contributed by atoms with Crippen LogP contribution >= 0.6 is 0 Å². The number of carbonyl (C=O) groups excluding carboxylic acids is 1. The number of nitrogens with zero attached hydrogens (tertiary/aromatic N) is 2. The van der Waals surface area contributed by atoms with E-state index in [1.54, 1.807) is 0 Å². The average molecular weight is 268 g/mol. The molecule has 0 spiro atoms. The summed E-state index contributed by atoms with van der Waals surface area (Å²) < 4.78 is 5.69. The molecule has 2 rings (SSSR count). The highest BCUT2D eigenvalue weighted by atomic mass is 16.5. The molecule has 2 heterocycles. The monoisotopic (exact) mass is 268 g/mol. The van der Waals surface area contributed by atoms with Crippen molar-refractivity contribution in [3.05, 3.63) is 0 Å². The van der Waals surface area contributed by atoms with Crippen molar-refractivity contribution in [2.24, 2.45) is 0 Å². The normalized spacial score (nSPS) is 26.2. The van der Waals surface area contributed by atoms with Gasteiger partial charge in [0.15, 0.2) is 0 Å². The van der Waals surface area contributed by atoms with Crippen LogP contribution in [0.4, 0.5) is 0 Å². The minimum Gasteiger partial charge on any atom is -0.377 e. The summed E-state index contributed by atoms with van der Waals surface area (Å²) in [6, 6.07) is 0. The van der Waals surface area contributed by atoms with E-state index in [1.807, 2.05) is 6.92 Å². The number of piperidine rings is 1. The second-order valence-electron chi connectivity index (χ2n) is 5.75. The maximum atomic E-state index is 12.3. The summed E-state index contributed by atoms with van der Waals surface area (Å²) in [6.07, 6.45) is 7.52. The average Bonchev–Trinajstić information content (AvgIpc) is 2.68. The first kappa shape index (κ1) is 14.8. The number of rotatable bonds is 4. The van der Waals surface area contributed by atoms with Crippen LogP contribution in [0.3, 0.4) is 0 Å². The molecule has 0 radical (unpaired) electrons. The molecule has 1 atom stereocenters. The molecule has 4 heteroatoms. The topological polar surface area (TPSA) is 32.8 Å². The zero-order valence-corrected chi connectivity index (χ0v) is 12.3. The van der Waals surface area contributed by atoms with E-state index in [0.717, 1.165) is 45.6 Å². The molecule has 0 aromatic carbocycles. The lowest BCUT2D eigenvalue weighted by Gasteiger charge is -2.33. The molecule has 0 unspecified atom stereocenters. The predicted octanol–water partition coefficient (Wildman–Crippen LogP) is 1.89. The first-order valence-corrected chi connectivity index (χ1v) is 7.91. The summed E-state index contributed by atoms with van der Waals surface area (Å²) in [5.41, 5.74) is 0. The van der Waals surface area contributed by atoms with Gasteiger partial charge in [-0.3, -0.25) is 9.69 Å². The van der Waals surface area contributed by atoms with Crippen LogP contribution < -0.4 is 0 Å². The van der Waals surface area contributed by atoms with E-state index in [-0.39, 0.29) is 0 Å². The van der Waals surface area contributed by atoms with E-state index in [9.17, 15) is 4.79 Å². The van der Waals surface area contributed by atoms with Gasteiger partial charge in [-0.1, -0.05) is 12.8 Å². The highest BCUT2D eigenvalue weighted by Gasteiger charge is 2.24. The Hall–Kier alpha value is -0.610. The van der Waals surface area contributed by atoms with E-state index in [1.165, 1.54) is 25.7 Å². The summed E-state index contributed by atoms with van der Waals surface area (Å²) in [5.74, 6) is 0.319. The Labute approximate surface area is 117 Å². The van der Waals surface area contributed by atoms with Crippen molar-refractivity contribution < 1.29 is 9.53 Å². The van der Waals surface area contributed by atoms with Crippen molar-refractivity contribution in [3.63, 3.8) is 0 Å². The van der Waals surface area contributed by atoms with Gasteiger partial charge in [0.05, 0.1) is 12.6 Å². The molecular weight excluding hydrogens is 240 g/mol. The summed E-state index contributed by atoms with van der Waals surface area (Å²) in [6.45, 7) is 7.29. The van der Waals surface area contributed by atoms with E-state index < -0.39 is 0 Å². The molecule has 19 heavy (non-hydrogen) atoms. The Bertz CT molecular complexity index is 273. The molecule has 0 aromatic heterocycles. The van der Waals surface area contributed by atoms with Gasteiger partial charge in [0, 0.05) is 26.2 Å². The lowest BCUT2D eigenvalue weighted by Crippen LogP contribution is -2.46. The van der Waals surface area contributed by atoms with E-state index in [4.69, 9.17) is 4.74 Å². The largest absolute Gasteiger partial charge is 0.377 e. The van der Waals surface area contributed by atoms with E-state index in [0.29, 0.717) is 18.6 Å². The van der Waals surface area contributed by atoms with Crippen LogP contribution in [0.1, 0.15) is 45.4 Å². The maximum absolute atomic E-state index is 12.3. The quantitative estimate of drug-likeness (QED) is 0.780. The van der Waals surface area contributed by atoms with Gasteiger partial charge in [-0.25, -0.2) is 0 Å². The first-order chi connectivity index (χ1) is 9.29. The molecule has 1 amide bonds. The highest BCUT2D eigenvalue weighted by Crippen LogP contribution is 2.14. The van der Waals surface area contributed by atoms with Gasteiger partial charge in [0.1, 0.15) is 0 Å². The Morgan fingerprint density at radius 1 is 1.11 bits per heavy atom. The molecule has 2 aliphatic rings. The number of hydrogen-bond donors (Lipinski definition) is 0. The summed E-state index contributed by atoms with van der Waals surface area (Å²) >= 11 is 0. The molecule has 4 nitrogen and oxygen atoms in total. The molecule has 2 aliphatic heterocycles. The summed E-state index contributed by atoms with van der Waals surface area (Å²) in [5, 5.41) is 0. The number of ether oxygens (including phenoxy) is 1. The van der Waals surface area contributed by atoms with Gasteiger partial charge >= 0.3 is 0 Å². The van der Waals surface area contributed by atoms with Gasteiger partial charge < -0.3 is 9.64 Å². The minimum absolute atomic E-state index is 0.319. The third kappa shape index (κ3) is 4.77. The number of amides is 1. The molecule has 0 saturated carbocycles. The maximum Gasteiger partial charge on any atom is 0.236 e. The number of carbonyl (C=O) groups is 1. The molecule has 0 N–H and O–H groups in total. The molecule has 2 fully saturated rings. The Morgan fingerprint density at radius 3 is 2.53 bits per heavy atom. The Balaban J connectivity index is 1.77. The number of likely N-dealkylation sites (tertiary alicyclic amines) is 2. The van der Waals surface area contributed by atoms with Crippen LogP contribution in [0.2, 0.25) is 0 Å². The first-order valence-electron chi connectivity index (χ1n) is 7.91. The predicted molar refractivity (Wildman–Crippen MR) is 76.1 cm³/mol. The molecule has 0 bridgehead atoms. The molecule has 0 aromatic rings. The molecule has 2 saturated heterocycles. The van der Waals surface area contributed by atoms with Crippen molar-refractivity contribution in [2.45, 2.75) is 51.6 Å². The van der Waals surface area contributed by atoms with E-state index in [2.05, 4.69) is 9.80 Å². The van der Waals surface area contributed by atoms with E-state index >= 15 is 0 Å². The minimum atomic E-state index is 0.319. The van der Waals surface area contributed by atoms with Gasteiger partial charge in [-0.2, -0.15) is 0 Å².